The summed E-state index contributed by atoms with van der Waals surface area (Å²) in [6, 6.07) is 11.0. The molecule has 1 saturated carbocycles. The summed E-state index contributed by atoms with van der Waals surface area (Å²) in [7, 11) is 0. The smallest absolute Gasteiger partial charge is 0.0245 e. The van der Waals surface area contributed by atoms with Gasteiger partial charge in [-0.2, -0.15) is 0 Å². The Bertz CT molecular complexity index is 306. The van der Waals surface area contributed by atoms with Crippen molar-refractivity contribution in [3.63, 3.8) is 0 Å². The van der Waals surface area contributed by atoms with Gasteiger partial charge in [-0.05, 0) is 29.7 Å². The van der Waals surface area contributed by atoms with Crippen LogP contribution in [0, 0.1) is 17.8 Å². The lowest BCUT2D eigenvalue weighted by Crippen LogP contribution is -2.24. The highest BCUT2D eigenvalue weighted by Gasteiger charge is 2.25. The van der Waals surface area contributed by atoms with Gasteiger partial charge in [-0.15, -0.1) is 0 Å². The molecule has 17 heavy (non-hydrogen) atoms. The van der Waals surface area contributed by atoms with Crippen molar-refractivity contribution in [2.75, 3.05) is 0 Å². The van der Waals surface area contributed by atoms with Crippen molar-refractivity contribution in [2.45, 2.75) is 52.4 Å². The first-order valence-corrected chi connectivity index (χ1v) is 7.31. The normalized spacial score (nSPS) is 19.5. The van der Waals surface area contributed by atoms with Gasteiger partial charge in [0.2, 0.25) is 0 Å². The molecule has 0 radical (unpaired) electrons. The molecule has 0 bridgehead atoms. The fourth-order valence-electron chi connectivity index (χ4n) is 3.40. The average Bonchev–Trinajstić information content (AvgIpc) is 2.38. The van der Waals surface area contributed by atoms with Crippen LogP contribution in [0.2, 0.25) is 0 Å². The van der Waals surface area contributed by atoms with E-state index in [2.05, 4.69) is 44.2 Å². The minimum Gasteiger partial charge on any atom is -0.0625 e. The molecule has 0 heteroatoms. The first kappa shape index (κ1) is 12.7. The number of rotatable bonds is 4. The zero-order chi connectivity index (χ0) is 12.1. The molecule has 0 heterocycles. The van der Waals surface area contributed by atoms with Crippen LogP contribution in [0.1, 0.15) is 51.5 Å². The lowest BCUT2D eigenvalue weighted by molar-refractivity contribution is 0.195. The first-order valence-electron chi connectivity index (χ1n) is 7.31. The third-order valence-electron chi connectivity index (χ3n) is 4.43. The Morgan fingerprint density at radius 3 is 2.24 bits per heavy atom. The van der Waals surface area contributed by atoms with Crippen LogP contribution in [0.4, 0.5) is 0 Å². The second-order valence-electron chi connectivity index (χ2n) is 6.00. The van der Waals surface area contributed by atoms with Crippen LogP contribution in [0.5, 0.6) is 0 Å². The molecule has 1 unspecified atom stereocenters. The van der Waals surface area contributed by atoms with Crippen molar-refractivity contribution in [1.29, 1.82) is 0 Å². The summed E-state index contributed by atoms with van der Waals surface area (Å²) < 4.78 is 0. The van der Waals surface area contributed by atoms with E-state index in [1.807, 2.05) is 0 Å². The van der Waals surface area contributed by atoms with Crippen molar-refractivity contribution in [1.82, 2.24) is 0 Å². The maximum absolute atomic E-state index is 2.40. The molecule has 1 fully saturated rings. The van der Waals surface area contributed by atoms with Gasteiger partial charge in [0.1, 0.15) is 0 Å². The van der Waals surface area contributed by atoms with Crippen molar-refractivity contribution >= 4 is 0 Å². The van der Waals surface area contributed by atoms with E-state index in [9.17, 15) is 0 Å². The molecular weight excluding hydrogens is 204 g/mol. The predicted molar refractivity (Wildman–Crippen MR) is 75.0 cm³/mol. The SMILES string of the molecule is CC(C)C(Cc1ccccc1)C1CCCCC1. The molecule has 1 atom stereocenters. The molecule has 1 aliphatic carbocycles. The average molecular weight is 230 g/mol. The molecule has 0 spiro atoms. The third-order valence-corrected chi connectivity index (χ3v) is 4.43. The van der Waals surface area contributed by atoms with Crippen LogP contribution in [0.25, 0.3) is 0 Å². The van der Waals surface area contributed by atoms with E-state index in [-0.39, 0.29) is 0 Å². The second kappa shape index (κ2) is 6.23. The van der Waals surface area contributed by atoms with Gasteiger partial charge in [0.05, 0.1) is 0 Å². The predicted octanol–water partition coefficient (Wildman–Crippen LogP) is 5.08. The van der Waals surface area contributed by atoms with Crippen LogP contribution in [0.3, 0.4) is 0 Å². The Morgan fingerprint density at radius 2 is 1.65 bits per heavy atom. The quantitative estimate of drug-likeness (QED) is 0.676. The van der Waals surface area contributed by atoms with E-state index < -0.39 is 0 Å². The van der Waals surface area contributed by atoms with Crippen LogP contribution < -0.4 is 0 Å². The van der Waals surface area contributed by atoms with E-state index in [1.165, 1.54) is 44.1 Å². The summed E-state index contributed by atoms with van der Waals surface area (Å²) in [6.07, 6.45) is 8.60. The fourth-order valence-corrected chi connectivity index (χ4v) is 3.40. The minimum absolute atomic E-state index is 0.818. The maximum Gasteiger partial charge on any atom is -0.0245 e. The largest absolute Gasteiger partial charge is 0.0625 e. The van der Waals surface area contributed by atoms with Gasteiger partial charge in [-0.25, -0.2) is 0 Å². The molecule has 94 valence electrons. The van der Waals surface area contributed by atoms with E-state index >= 15 is 0 Å². The molecule has 0 nitrogen and oxygen atoms in total. The summed E-state index contributed by atoms with van der Waals surface area (Å²) in [5, 5.41) is 0. The molecule has 1 aromatic rings. The molecule has 0 amide bonds. The highest BCUT2D eigenvalue weighted by molar-refractivity contribution is 5.15. The van der Waals surface area contributed by atoms with Gasteiger partial charge in [0.25, 0.3) is 0 Å². The number of hydrogen-bond acceptors (Lipinski definition) is 0. The lowest BCUT2D eigenvalue weighted by atomic mass is 9.72. The van der Waals surface area contributed by atoms with Crippen LogP contribution in [0.15, 0.2) is 30.3 Å². The molecule has 0 saturated heterocycles. The topological polar surface area (TPSA) is 0 Å². The molecule has 1 aliphatic rings. The summed E-state index contributed by atoms with van der Waals surface area (Å²) in [6.45, 7) is 4.81. The van der Waals surface area contributed by atoms with Crippen LogP contribution in [-0.2, 0) is 6.42 Å². The van der Waals surface area contributed by atoms with Crippen molar-refractivity contribution in [3.8, 4) is 0 Å². The Hall–Kier alpha value is -0.780. The molecule has 2 rings (SSSR count). The third kappa shape index (κ3) is 3.59. The molecule has 1 aromatic carbocycles. The zero-order valence-electron chi connectivity index (χ0n) is 11.4. The Morgan fingerprint density at radius 1 is 1.00 bits per heavy atom. The van der Waals surface area contributed by atoms with Gasteiger partial charge in [0.15, 0.2) is 0 Å². The van der Waals surface area contributed by atoms with Gasteiger partial charge in [-0.3, -0.25) is 0 Å². The van der Waals surface area contributed by atoms with Gasteiger partial charge >= 0.3 is 0 Å². The van der Waals surface area contributed by atoms with E-state index in [0.717, 1.165) is 17.8 Å². The highest BCUT2D eigenvalue weighted by atomic mass is 14.3. The maximum atomic E-state index is 2.40. The monoisotopic (exact) mass is 230 g/mol. The highest BCUT2D eigenvalue weighted by Crippen LogP contribution is 2.35. The molecular formula is C17H26. The first-order chi connectivity index (χ1) is 8.27. The molecule has 0 N–H and O–H groups in total. The summed E-state index contributed by atoms with van der Waals surface area (Å²) in [5.41, 5.74) is 1.52. The standard InChI is InChI=1S/C17H26/c1-14(2)17(16-11-7-4-8-12-16)13-15-9-5-3-6-10-15/h3,5-6,9-10,14,16-17H,4,7-8,11-13H2,1-2H3. The van der Waals surface area contributed by atoms with Crippen molar-refractivity contribution in [2.24, 2.45) is 17.8 Å². The minimum atomic E-state index is 0.818. The summed E-state index contributed by atoms with van der Waals surface area (Å²) in [4.78, 5) is 0. The number of benzene rings is 1. The van der Waals surface area contributed by atoms with E-state index in [0.29, 0.717) is 0 Å². The van der Waals surface area contributed by atoms with Gasteiger partial charge < -0.3 is 0 Å². The van der Waals surface area contributed by atoms with E-state index in [4.69, 9.17) is 0 Å². The van der Waals surface area contributed by atoms with Gasteiger partial charge in [0, 0.05) is 0 Å². The second-order valence-corrected chi connectivity index (χ2v) is 6.00. The van der Waals surface area contributed by atoms with E-state index in [1.54, 1.807) is 0 Å². The van der Waals surface area contributed by atoms with Crippen molar-refractivity contribution < 1.29 is 0 Å². The van der Waals surface area contributed by atoms with Crippen LogP contribution in [-0.4, -0.2) is 0 Å². The lowest BCUT2D eigenvalue weighted by Gasteiger charge is -2.33. The summed E-state index contributed by atoms with van der Waals surface area (Å²) >= 11 is 0. The summed E-state index contributed by atoms with van der Waals surface area (Å²) in [5.74, 6) is 2.68. The van der Waals surface area contributed by atoms with Crippen molar-refractivity contribution in [3.05, 3.63) is 35.9 Å². The zero-order valence-corrected chi connectivity index (χ0v) is 11.4. The molecule has 0 aromatic heterocycles. The Labute approximate surface area is 106 Å². The Kier molecular flexibility index (Phi) is 4.65. The molecule has 0 aliphatic heterocycles. The van der Waals surface area contributed by atoms with Gasteiger partial charge in [-0.1, -0.05) is 76.3 Å². The number of hydrogen-bond donors (Lipinski definition) is 0. The fraction of sp³-hybridized carbons (Fsp3) is 0.647. The van der Waals surface area contributed by atoms with Crippen LogP contribution >= 0.6 is 0 Å². The Balaban J connectivity index is 2.01.